The second-order valence-corrected chi connectivity index (χ2v) is 15.2. The predicted molar refractivity (Wildman–Crippen MR) is 218 cm³/mol. The van der Waals surface area contributed by atoms with E-state index in [-0.39, 0.29) is 32.2 Å². The van der Waals surface area contributed by atoms with E-state index < -0.39 is 0 Å². The van der Waals surface area contributed by atoms with E-state index in [0.29, 0.717) is 0 Å². The van der Waals surface area contributed by atoms with Crippen LogP contribution in [-0.2, 0) is 26.5 Å². The SMILES string of the molecule is CC(C)(C)Cc1ccnc(-c2[c-]ccc3c2Oc2cccc4c2B3c2ccccc2O4)c1.Cc1c[c-]c(-c2cc(-c3ccccc3C)c(C)cn2)cc1.[Ir]. The van der Waals surface area contributed by atoms with Crippen molar-refractivity contribution in [3.8, 4) is 56.6 Å². The Hall–Kier alpha value is -5.29. The molecule has 2 aromatic heterocycles. The Morgan fingerprint density at radius 3 is 2.20 bits per heavy atom. The summed E-state index contributed by atoms with van der Waals surface area (Å²) in [6, 6.07) is 46.2. The van der Waals surface area contributed by atoms with Gasteiger partial charge in [-0.2, -0.15) is 0 Å². The molecular weight excluding hydrogens is 840 g/mol. The van der Waals surface area contributed by atoms with Gasteiger partial charge in [-0.05, 0) is 89.1 Å². The summed E-state index contributed by atoms with van der Waals surface area (Å²) >= 11 is 0. The van der Waals surface area contributed by atoms with Gasteiger partial charge in [0.05, 0.1) is 0 Å². The molecule has 0 saturated heterocycles. The van der Waals surface area contributed by atoms with Crippen LogP contribution < -0.4 is 25.9 Å². The number of ether oxygens (including phenoxy) is 2. The predicted octanol–water partition coefficient (Wildman–Crippen LogP) is 10.0. The molecule has 0 aliphatic carbocycles. The molecule has 0 saturated carbocycles. The van der Waals surface area contributed by atoms with Crippen LogP contribution >= 0.6 is 0 Å². The van der Waals surface area contributed by atoms with Gasteiger partial charge in [-0.15, -0.1) is 59.1 Å². The fraction of sp³-hybridized carbons (Fsp3) is 0.167. The molecule has 2 aliphatic heterocycles. The summed E-state index contributed by atoms with van der Waals surface area (Å²) in [5.74, 6) is 3.42. The molecule has 0 fully saturated rings. The molecule has 0 unspecified atom stereocenters. The summed E-state index contributed by atoms with van der Waals surface area (Å²) in [5, 5.41) is 0. The van der Waals surface area contributed by atoms with E-state index in [1.54, 1.807) is 0 Å². The normalized spacial score (nSPS) is 12.1. The van der Waals surface area contributed by atoms with Crippen molar-refractivity contribution in [1.82, 2.24) is 9.97 Å². The average Bonchev–Trinajstić information content (AvgIpc) is 3.15. The Morgan fingerprint density at radius 1 is 0.667 bits per heavy atom. The molecule has 0 N–H and O–H groups in total. The van der Waals surface area contributed by atoms with Crippen LogP contribution in [0.2, 0.25) is 0 Å². The first-order chi connectivity index (χ1) is 25.6. The van der Waals surface area contributed by atoms with Crippen molar-refractivity contribution in [3.05, 3.63) is 162 Å². The molecule has 7 aromatic rings. The molecule has 54 heavy (non-hydrogen) atoms. The number of para-hydroxylation sites is 1. The first-order valence-electron chi connectivity index (χ1n) is 18.2. The van der Waals surface area contributed by atoms with E-state index >= 15 is 0 Å². The van der Waals surface area contributed by atoms with Crippen LogP contribution in [-0.4, -0.2) is 16.7 Å². The van der Waals surface area contributed by atoms with Crippen LogP contribution in [0.25, 0.3) is 33.6 Å². The van der Waals surface area contributed by atoms with E-state index in [1.165, 1.54) is 33.4 Å². The van der Waals surface area contributed by atoms with Gasteiger partial charge in [0.1, 0.15) is 17.2 Å². The maximum Gasteiger partial charge on any atom is 0.241 e. The molecule has 5 aromatic carbocycles. The first kappa shape index (κ1) is 37.0. The van der Waals surface area contributed by atoms with Gasteiger partial charge in [-0.3, -0.25) is 0 Å². The molecule has 6 heteroatoms. The molecule has 9 rings (SSSR count). The quantitative estimate of drug-likeness (QED) is 0.131. The van der Waals surface area contributed by atoms with Gasteiger partial charge in [0.25, 0.3) is 0 Å². The fourth-order valence-corrected chi connectivity index (χ4v) is 7.36. The van der Waals surface area contributed by atoms with Gasteiger partial charge in [0, 0.05) is 43.7 Å². The van der Waals surface area contributed by atoms with Crippen LogP contribution in [0.4, 0.5) is 0 Å². The minimum atomic E-state index is 0. The number of rotatable bonds is 4. The van der Waals surface area contributed by atoms with E-state index in [9.17, 15) is 0 Å². The van der Waals surface area contributed by atoms with Gasteiger partial charge in [-0.25, -0.2) is 0 Å². The van der Waals surface area contributed by atoms with Crippen LogP contribution in [0.15, 0.2) is 128 Å². The molecule has 0 spiro atoms. The number of nitrogens with zero attached hydrogens (tertiary/aromatic N) is 2. The topological polar surface area (TPSA) is 44.2 Å². The number of fused-ring (bicyclic) bond motifs is 4. The number of benzene rings is 5. The molecule has 1 radical (unpaired) electrons. The monoisotopic (exact) mass is 881 g/mol. The maximum absolute atomic E-state index is 6.51. The Labute approximate surface area is 333 Å². The summed E-state index contributed by atoms with van der Waals surface area (Å²) in [7, 11) is 0. The zero-order valence-corrected chi connectivity index (χ0v) is 33.8. The van der Waals surface area contributed by atoms with Crippen molar-refractivity contribution in [1.29, 1.82) is 0 Å². The minimum absolute atomic E-state index is 0. The molecule has 0 atom stereocenters. The second kappa shape index (κ2) is 15.2. The summed E-state index contributed by atoms with van der Waals surface area (Å²) in [5.41, 5.74) is 14.8. The van der Waals surface area contributed by atoms with Gasteiger partial charge in [-0.1, -0.05) is 99.5 Å². The number of hydrogen-bond donors (Lipinski definition) is 0. The largest absolute Gasteiger partial charge is 0.503 e. The number of pyridine rings is 2. The molecule has 0 amide bonds. The number of aryl methyl sites for hydroxylation is 3. The van der Waals surface area contributed by atoms with E-state index in [2.05, 4.69) is 131 Å². The van der Waals surface area contributed by atoms with Crippen molar-refractivity contribution >= 4 is 23.1 Å². The zero-order valence-electron chi connectivity index (χ0n) is 31.5. The molecule has 2 aliphatic rings. The summed E-state index contributed by atoms with van der Waals surface area (Å²) in [6.45, 7) is 13.1. The first-order valence-corrected chi connectivity index (χ1v) is 18.2. The smallest absolute Gasteiger partial charge is 0.241 e. The van der Waals surface area contributed by atoms with Crippen LogP contribution in [0.5, 0.6) is 23.0 Å². The van der Waals surface area contributed by atoms with Crippen molar-refractivity contribution in [2.75, 3.05) is 0 Å². The van der Waals surface area contributed by atoms with Crippen LogP contribution in [0.3, 0.4) is 0 Å². The van der Waals surface area contributed by atoms with Crippen molar-refractivity contribution in [3.63, 3.8) is 0 Å². The average molecular weight is 881 g/mol. The van der Waals surface area contributed by atoms with Crippen molar-refractivity contribution < 1.29 is 29.6 Å². The standard InChI is InChI=1S/C28H23BNO2.C20H18N.Ir/c1-28(2,3)17-18-14-15-30-22(16-18)19-8-6-10-21-27(19)32-25-13-7-12-24-26(25)29(21)20-9-4-5-11-23(20)31-24;1-14-8-10-17(11-9-14)20-12-19(16(3)13-21-20)18-7-5-4-6-15(18)2;/h4-7,9-16H,17H2,1-3H3;4-10,12-13H,1-3H3;/q2*-1;. The van der Waals surface area contributed by atoms with Gasteiger partial charge in [0.15, 0.2) is 0 Å². The molecule has 0 bridgehead atoms. The van der Waals surface area contributed by atoms with Crippen LogP contribution in [0, 0.1) is 38.3 Å². The van der Waals surface area contributed by atoms with E-state index in [0.717, 1.165) is 68.3 Å². The Bertz CT molecular complexity index is 2470. The summed E-state index contributed by atoms with van der Waals surface area (Å²) in [6.07, 6.45) is 4.82. The fourth-order valence-electron chi connectivity index (χ4n) is 7.36. The number of hydrogen-bond acceptors (Lipinski definition) is 4. The summed E-state index contributed by atoms with van der Waals surface area (Å²) in [4.78, 5) is 9.26. The minimum Gasteiger partial charge on any atom is -0.503 e. The zero-order chi connectivity index (χ0) is 36.7. The Morgan fingerprint density at radius 2 is 1.43 bits per heavy atom. The Balaban J connectivity index is 0.000000178. The van der Waals surface area contributed by atoms with Crippen molar-refractivity contribution in [2.45, 2.75) is 48.0 Å². The second-order valence-electron chi connectivity index (χ2n) is 15.2. The van der Waals surface area contributed by atoms with Gasteiger partial charge >= 0.3 is 0 Å². The van der Waals surface area contributed by atoms with Crippen LogP contribution in [0.1, 0.15) is 43.0 Å². The molecule has 4 nitrogen and oxygen atoms in total. The Kier molecular flexibility index (Phi) is 10.4. The van der Waals surface area contributed by atoms with Gasteiger partial charge in [0.2, 0.25) is 6.71 Å². The third-order valence-electron chi connectivity index (χ3n) is 9.87. The third-order valence-corrected chi connectivity index (χ3v) is 9.87. The molecule has 269 valence electrons. The summed E-state index contributed by atoms with van der Waals surface area (Å²) < 4.78 is 12.7. The maximum atomic E-state index is 6.51. The third kappa shape index (κ3) is 7.42. The molecular formula is C48H41BIrN2O2-2. The van der Waals surface area contributed by atoms with Crippen molar-refractivity contribution in [2.24, 2.45) is 5.41 Å². The number of aromatic nitrogens is 2. The molecule has 4 heterocycles. The van der Waals surface area contributed by atoms with E-state index in [1.807, 2.05) is 54.9 Å². The van der Waals surface area contributed by atoms with E-state index in [4.69, 9.17) is 14.5 Å². The van der Waals surface area contributed by atoms with Gasteiger partial charge < -0.3 is 19.4 Å².